The molecule has 0 amide bonds. The molecule has 0 bridgehead atoms. The number of esters is 1. The second-order valence-electron chi connectivity index (χ2n) is 3.85. The molecule has 0 aliphatic carbocycles. The number of hydrogen-bond acceptors (Lipinski definition) is 5. The normalized spacial score (nSPS) is 14.5. The van der Waals surface area contributed by atoms with Crippen LogP contribution in [0.3, 0.4) is 0 Å². The number of hydrogen-bond donors (Lipinski definition) is 2. The fourth-order valence-electron chi connectivity index (χ4n) is 1.73. The number of nitrogens with zero attached hydrogens (tertiary/aromatic N) is 2. The van der Waals surface area contributed by atoms with Crippen LogP contribution in [0.25, 0.3) is 0 Å². The van der Waals surface area contributed by atoms with Gasteiger partial charge in [0.05, 0.1) is 12.3 Å². The minimum absolute atomic E-state index is 0.160. The van der Waals surface area contributed by atoms with Crippen molar-refractivity contribution in [2.75, 3.05) is 6.61 Å². The smallest absolute Gasteiger partial charge is 0.338 e. The number of aliphatic hydroxyl groups is 2. The van der Waals surface area contributed by atoms with Crippen molar-refractivity contribution in [2.45, 2.75) is 33.0 Å². The highest BCUT2D eigenvalue weighted by Gasteiger charge is 2.30. The fourth-order valence-corrected chi connectivity index (χ4v) is 1.73. The van der Waals surface area contributed by atoms with Crippen molar-refractivity contribution in [1.29, 1.82) is 0 Å². The van der Waals surface area contributed by atoms with Crippen LogP contribution in [0.1, 0.15) is 30.0 Å². The van der Waals surface area contributed by atoms with Crippen molar-refractivity contribution < 1.29 is 19.7 Å². The van der Waals surface area contributed by atoms with E-state index >= 15 is 0 Å². The van der Waals surface area contributed by atoms with Gasteiger partial charge in [-0.15, -0.1) is 0 Å². The third-order valence-electron chi connectivity index (χ3n) is 2.69. The van der Waals surface area contributed by atoms with Gasteiger partial charge in [-0.05, 0) is 20.8 Å². The topological polar surface area (TPSA) is 84.6 Å². The predicted molar refractivity (Wildman–Crippen MR) is 60.3 cm³/mol. The molecule has 0 aromatic carbocycles. The van der Waals surface area contributed by atoms with Gasteiger partial charge in [0.15, 0.2) is 6.10 Å². The molecule has 0 aliphatic rings. The van der Waals surface area contributed by atoms with E-state index in [-0.39, 0.29) is 6.61 Å². The second-order valence-corrected chi connectivity index (χ2v) is 3.85. The standard InChI is InChI=1S/C11H18N2O4/c1-5-17-11(16)10(15)9(14)8-6(2)12-13(4)7(8)3/h9-10,14-15H,5H2,1-4H3. The van der Waals surface area contributed by atoms with Gasteiger partial charge in [0.25, 0.3) is 0 Å². The van der Waals surface area contributed by atoms with E-state index in [9.17, 15) is 15.0 Å². The number of rotatable bonds is 4. The molecule has 1 rings (SSSR count). The highest BCUT2D eigenvalue weighted by molar-refractivity contribution is 5.75. The first-order valence-electron chi connectivity index (χ1n) is 5.43. The van der Waals surface area contributed by atoms with Crippen LogP contribution in [0.15, 0.2) is 0 Å². The lowest BCUT2D eigenvalue weighted by atomic mass is 10.0. The van der Waals surface area contributed by atoms with Crippen molar-refractivity contribution in [3.63, 3.8) is 0 Å². The van der Waals surface area contributed by atoms with E-state index in [1.807, 2.05) is 0 Å². The Labute approximate surface area is 99.8 Å². The van der Waals surface area contributed by atoms with E-state index < -0.39 is 18.2 Å². The molecule has 1 aromatic heterocycles. The molecule has 0 spiro atoms. The summed E-state index contributed by atoms with van der Waals surface area (Å²) in [6, 6.07) is 0. The van der Waals surface area contributed by atoms with Crippen molar-refractivity contribution in [1.82, 2.24) is 9.78 Å². The zero-order valence-electron chi connectivity index (χ0n) is 10.5. The first-order valence-corrected chi connectivity index (χ1v) is 5.43. The summed E-state index contributed by atoms with van der Waals surface area (Å²) < 4.78 is 6.25. The predicted octanol–water partition coefficient (Wildman–Crippen LogP) is -0.00566. The number of aryl methyl sites for hydroxylation is 2. The van der Waals surface area contributed by atoms with Crippen LogP contribution < -0.4 is 0 Å². The molecule has 2 N–H and O–H groups in total. The monoisotopic (exact) mass is 242 g/mol. The first kappa shape index (κ1) is 13.7. The van der Waals surface area contributed by atoms with Crippen molar-refractivity contribution in [2.24, 2.45) is 7.05 Å². The Morgan fingerprint density at radius 2 is 2.06 bits per heavy atom. The molecule has 0 fully saturated rings. The van der Waals surface area contributed by atoms with Crippen molar-refractivity contribution in [3.05, 3.63) is 17.0 Å². The molecular weight excluding hydrogens is 224 g/mol. The molecule has 1 heterocycles. The average Bonchev–Trinajstić information content (AvgIpc) is 2.51. The summed E-state index contributed by atoms with van der Waals surface area (Å²) >= 11 is 0. The van der Waals surface area contributed by atoms with Gasteiger partial charge in [-0.1, -0.05) is 0 Å². The van der Waals surface area contributed by atoms with Gasteiger partial charge >= 0.3 is 5.97 Å². The summed E-state index contributed by atoms with van der Waals surface area (Å²) in [5, 5.41) is 23.7. The van der Waals surface area contributed by atoms with E-state index in [4.69, 9.17) is 0 Å². The lowest BCUT2D eigenvalue weighted by Crippen LogP contribution is -2.30. The van der Waals surface area contributed by atoms with Gasteiger partial charge in [-0.2, -0.15) is 5.10 Å². The quantitative estimate of drug-likeness (QED) is 0.726. The van der Waals surface area contributed by atoms with Crippen LogP contribution in [0.5, 0.6) is 0 Å². The SMILES string of the molecule is CCOC(=O)C(O)C(O)c1c(C)nn(C)c1C. The maximum atomic E-state index is 11.3. The van der Waals surface area contributed by atoms with Gasteiger partial charge in [0.2, 0.25) is 0 Å². The molecule has 0 radical (unpaired) electrons. The Balaban J connectivity index is 2.96. The molecule has 0 saturated carbocycles. The van der Waals surface area contributed by atoms with Crippen molar-refractivity contribution in [3.8, 4) is 0 Å². The summed E-state index contributed by atoms with van der Waals surface area (Å²) in [6.07, 6.45) is -2.90. The van der Waals surface area contributed by atoms with Crippen LogP contribution >= 0.6 is 0 Å². The summed E-state index contributed by atoms with van der Waals surface area (Å²) in [4.78, 5) is 11.3. The number of aliphatic hydroxyl groups excluding tert-OH is 2. The molecule has 0 aliphatic heterocycles. The minimum atomic E-state index is -1.59. The van der Waals surface area contributed by atoms with Crippen LogP contribution in [0.4, 0.5) is 0 Å². The summed E-state index contributed by atoms with van der Waals surface area (Å²) in [5.74, 6) is -0.831. The van der Waals surface area contributed by atoms with Crippen LogP contribution in [-0.2, 0) is 16.6 Å². The molecule has 96 valence electrons. The fraction of sp³-hybridized carbons (Fsp3) is 0.636. The van der Waals surface area contributed by atoms with E-state index in [2.05, 4.69) is 9.84 Å². The minimum Gasteiger partial charge on any atom is -0.464 e. The van der Waals surface area contributed by atoms with E-state index in [0.717, 1.165) is 0 Å². The lowest BCUT2D eigenvalue weighted by Gasteiger charge is -2.16. The first-order chi connectivity index (χ1) is 7.90. The molecule has 0 saturated heterocycles. The van der Waals surface area contributed by atoms with Gasteiger partial charge in [0.1, 0.15) is 6.10 Å². The Hall–Kier alpha value is -1.40. The number of ether oxygens (including phenoxy) is 1. The van der Waals surface area contributed by atoms with Crippen LogP contribution in [-0.4, -0.2) is 38.7 Å². The number of carbonyl (C=O) groups excluding carboxylic acids is 1. The van der Waals surface area contributed by atoms with Gasteiger partial charge in [0, 0.05) is 18.3 Å². The highest BCUT2D eigenvalue weighted by atomic mass is 16.5. The van der Waals surface area contributed by atoms with E-state index in [1.54, 1.807) is 32.5 Å². The Morgan fingerprint density at radius 1 is 1.47 bits per heavy atom. The van der Waals surface area contributed by atoms with Crippen LogP contribution in [0.2, 0.25) is 0 Å². The molecule has 2 atom stereocenters. The third kappa shape index (κ3) is 2.65. The third-order valence-corrected chi connectivity index (χ3v) is 2.69. The number of aromatic nitrogens is 2. The second kappa shape index (κ2) is 5.29. The van der Waals surface area contributed by atoms with Crippen molar-refractivity contribution >= 4 is 5.97 Å². The largest absolute Gasteiger partial charge is 0.464 e. The van der Waals surface area contributed by atoms with Gasteiger partial charge in [-0.3, -0.25) is 4.68 Å². The molecule has 17 heavy (non-hydrogen) atoms. The Bertz CT molecular complexity index is 414. The summed E-state index contributed by atoms with van der Waals surface area (Å²) in [5.41, 5.74) is 1.76. The van der Waals surface area contributed by atoms with Crippen LogP contribution in [0, 0.1) is 13.8 Å². The summed E-state index contributed by atoms with van der Waals surface area (Å²) in [7, 11) is 1.73. The molecule has 2 unspecified atom stereocenters. The Kier molecular flexibility index (Phi) is 4.25. The Morgan fingerprint density at radius 3 is 2.47 bits per heavy atom. The lowest BCUT2D eigenvalue weighted by molar-refractivity contribution is -0.159. The zero-order valence-corrected chi connectivity index (χ0v) is 10.5. The molecular formula is C11H18N2O4. The molecule has 1 aromatic rings. The number of carbonyl (C=O) groups is 1. The summed E-state index contributed by atoms with van der Waals surface area (Å²) in [6.45, 7) is 5.27. The maximum absolute atomic E-state index is 11.3. The maximum Gasteiger partial charge on any atom is 0.338 e. The zero-order chi connectivity index (χ0) is 13.2. The van der Waals surface area contributed by atoms with Gasteiger partial charge in [-0.25, -0.2) is 4.79 Å². The molecule has 6 heteroatoms. The average molecular weight is 242 g/mol. The molecule has 6 nitrogen and oxygen atoms in total. The van der Waals surface area contributed by atoms with Gasteiger partial charge < -0.3 is 14.9 Å². The van der Waals surface area contributed by atoms with E-state index in [1.165, 1.54) is 0 Å². The van der Waals surface area contributed by atoms with E-state index in [0.29, 0.717) is 17.0 Å². The highest BCUT2D eigenvalue weighted by Crippen LogP contribution is 2.24.